The first kappa shape index (κ1) is 18.5. The van der Waals surface area contributed by atoms with Crippen molar-refractivity contribution in [1.82, 2.24) is 4.90 Å². The Kier molecular flexibility index (Phi) is 6.83. The van der Waals surface area contributed by atoms with E-state index in [4.69, 9.17) is 5.73 Å². The van der Waals surface area contributed by atoms with Crippen molar-refractivity contribution in [1.29, 1.82) is 0 Å². The predicted molar refractivity (Wildman–Crippen MR) is 100 cm³/mol. The van der Waals surface area contributed by atoms with E-state index in [-0.39, 0.29) is 30.3 Å². The molecule has 128 valence electrons. The Morgan fingerprint density at radius 3 is 2.08 bits per heavy atom. The number of likely N-dealkylation sites (tertiary alicyclic amines) is 1. The van der Waals surface area contributed by atoms with Gasteiger partial charge in [-0.3, -0.25) is 4.79 Å². The van der Waals surface area contributed by atoms with Crippen LogP contribution in [0.2, 0.25) is 0 Å². The van der Waals surface area contributed by atoms with Gasteiger partial charge in [0.2, 0.25) is 5.91 Å². The van der Waals surface area contributed by atoms with Crippen molar-refractivity contribution in [2.75, 3.05) is 13.1 Å². The van der Waals surface area contributed by atoms with Gasteiger partial charge in [-0.15, -0.1) is 12.4 Å². The van der Waals surface area contributed by atoms with Gasteiger partial charge in [0.15, 0.2) is 0 Å². The molecule has 4 heteroatoms. The summed E-state index contributed by atoms with van der Waals surface area (Å²) in [5, 5.41) is 0. The van der Waals surface area contributed by atoms with E-state index >= 15 is 0 Å². The van der Waals surface area contributed by atoms with Gasteiger partial charge in [0.25, 0.3) is 0 Å². The maximum Gasteiger partial charge on any atom is 0.223 e. The van der Waals surface area contributed by atoms with E-state index in [0.717, 1.165) is 19.4 Å². The van der Waals surface area contributed by atoms with Crippen LogP contribution >= 0.6 is 12.4 Å². The number of hydrogen-bond acceptors (Lipinski definition) is 2. The van der Waals surface area contributed by atoms with Crippen LogP contribution in [0.3, 0.4) is 0 Å². The number of amides is 1. The van der Waals surface area contributed by atoms with Crippen LogP contribution in [-0.4, -0.2) is 29.9 Å². The molecule has 1 aliphatic heterocycles. The largest absolute Gasteiger partial charge is 0.338 e. The van der Waals surface area contributed by atoms with Gasteiger partial charge in [-0.1, -0.05) is 60.7 Å². The van der Waals surface area contributed by atoms with Gasteiger partial charge in [0.05, 0.1) is 0 Å². The van der Waals surface area contributed by atoms with Crippen LogP contribution in [0.5, 0.6) is 0 Å². The van der Waals surface area contributed by atoms with Gasteiger partial charge in [-0.25, -0.2) is 0 Å². The lowest BCUT2D eigenvalue weighted by atomic mass is 9.88. The predicted octanol–water partition coefficient (Wildman–Crippen LogP) is 3.58. The second kappa shape index (κ2) is 8.86. The fraction of sp³-hybridized carbons (Fsp3) is 0.350. The third-order valence-corrected chi connectivity index (χ3v) is 4.75. The average molecular weight is 345 g/mol. The fourth-order valence-electron chi connectivity index (χ4n) is 3.50. The molecule has 1 atom stereocenters. The Bertz CT molecular complexity index is 593. The number of nitrogens with two attached hydrogens (primary N) is 1. The van der Waals surface area contributed by atoms with Gasteiger partial charge in [0, 0.05) is 31.5 Å². The highest BCUT2D eigenvalue weighted by Gasteiger charge is 2.29. The molecule has 1 saturated heterocycles. The first-order chi connectivity index (χ1) is 11.3. The molecule has 0 saturated carbocycles. The zero-order valence-electron chi connectivity index (χ0n) is 13.8. The van der Waals surface area contributed by atoms with Crippen LogP contribution in [-0.2, 0) is 4.79 Å². The molecule has 0 radical (unpaired) electrons. The van der Waals surface area contributed by atoms with Crippen LogP contribution in [0.1, 0.15) is 36.3 Å². The van der Waals surface area contributed by atoms with Gasteiger partial charge in [-0.05, 0) is 24.0 Å². The lowest BCUT2D eigenvalue weighted by Gasteiger charge is -2.26. The van der Waals surface area contributed by atoms with Gasteiger partial charge < -0.3 is 10.6 Å². The van der Waals surface area contributed by atoms with Crippen molar-refractivity contribution in [2.24, 2.45) is 5.73 Å². The third kappa shape index (κ3) is 4.16. The highest BCUT2D eigenvalue weighted by atomic mass is 35.5. The second-order valence-electron chi connectivity index (χ2n) is 6.20. The normalized spacial score (nSPS) is 16.9. The molecule has 1 amide bonds. The number of halogens is 1. The lowest BCUT2D eigenvalue weighted by molar-refractivity contribution is -0.132. The molecule has 2 aromatic rings. The summed E-state index contributed by atoms with van der Waals surface area (Å²) in [4.78, 5) is 14.8. The summed E-state index contributed by atoms with van der Waals surface area (Å²) < 4.78 is 0. The number of carbonyl (C=O) groups is 1. The number of carbonyl (C=O) groups excluding carboxylic acids is 1. The highest BCUT2D eigenvalue weighted by Crippen LogP contribution is 2.30. The van der Waals surface area contributed by atoms with Crippen molar-refractivity contribution in [2.45, 2.75) is 31.2 Å². The summed E-state index contributed by atoms with van der Waals surface area (Å²) in [6.07, 6.45) is 2.60. The molecule has 3 nitrogen and oxygen atoms in total. The van der Waals surface area contributed by atoms with Gasteiger partial charge >= 0.3 is 0 Å². The Balaban J connectivity index is 0.00000208. The minimum atomic E-state index is 0. The molecule has 1 fully saturated rings. The van der Waals surface area contributed by atoms with Crippen LogP contribution in [0.4, 0.5) is 0 Å². The zero-order valence-corrected chi connectivity index (χ0v) is 14.6. The molecule has 0 bridgehead atoms. The van der Waals surface area contributed by atoms with E-state index in [9.17, 15) is 4.79 Å². The Morgan fingerprint density at radius 1 is 1.04 bits per heavy atom. The summed E-state index contributed by atoms with van der Waals surface area (Å²) in [7, 11) is 0. The van der Waals surface area contributed by atoms with E-state index in [1.807, 2.05) is 41.3 Å². The fourth-order valence-corrected chi connectivity index (χ4v) is 3.50. The lowest BCUT2D eigenvalue weighted by Crippen LogP contribution is -2.40. The van der Waals surface area contributed by atoms with E-state index < -0.39 is 0 Å². The maximum atomic E-state index is 12.8. The zero-order chi connectivity index (χ0) is 16.1. The van der Waals surface area contributed by atoms with E-state index in [1.165, 1.54) is 11.1 Å². The summed E-state index contributed by atoms with van der Waals surface area (Å²) >= 11 is 0. The Hall–Kier alpha value is -1.84. The standard InChI is InChI=1S/C20H24N2O.ClH/c21-15-18-12-7-13-22(18)20(23)14-19(16-8-3-1-4-9-16)17-10-5-2-6-11-17;/h1-6,8-11,18-19H,7,12-15,21H2;1H. The van der Waals surface area contributed by atoms with Gasteiger partial charge in [0.1, 0.15) is 0 Å². The Labute approximate surface area is 150 Å². The molecule has 2 aromatic carbocycles. The van der Waals surface area contributed by atoms with Crippen molar-refractivity contribution in [3.63, 3.8) is 0 Å². The number of nitrogens with zero attached hydrogens (tertiary/aromatic N) is 1. The SMILES string of the molecule is Cl.NCC1CCCN1C(=O)CC(c1ccccc1)c1ccccc1. The summed E-state index contributed by atoms with van der Waals surface area (Å²) in [6.45, 7) is 1.41. The number of benzene rings is 2. The van der Waals surface area contributed by atoms with Crippen LogP contribution in [0.15, 0.2) is 60.7 Å². The highest BCUT2D eigenvalue weighted by molar-refractivity contribution is 5.85. The van der Waals surface area contributed by atoms with Crippen molar-refractivity contribution < 1.29 is 4.79 Å². The molecule has 1 unspecified atom stereocenters. The first-order valence-electron chi connectivity index (χ1n) is 8.39. The minimum absolute atomic E-state index is 0. The van der Waals surface area contributed by atoms with Crippen LogP contribution < -0.4 is 5.73 Å². The average Bonchev–Trinajstić information content (AvgIpc) is 3.10. The van der Waals surface area contributed by atoms with Crippen LogP contribution in [0, 0.1) is 0 Å². The third-order valence-electron chi connectivity index (χ3n) is 4.75. The number of rotatable bonds is 5. The Morgan fingerprint density at radius 2 is 1.58 bits per heavy atom. The van der Waals surface area contributed by atoms with E-state index in [1.54, 1.807) is 0 Å². The van der Waals surface area contributed by atoms with Gasteiger partial charge in [-0.2, -0.15) is 0 Å². The van der Waals surface area contributed by atoms with E-state index in [2.05, 4.69) is 24.3 Å². The molecule has 0 spiro atoms. The monoisotopic (exact) mass is 344 g/mol. The maximum absolute atomic E-state index is 12.8. The smallest absolute Gasteiger partial charge is 0.223 e. The molecule has 24 heavy (non-hydrogen) atoms. The minimum Gasteiger partial charge on any atom is -0.338 e. The van der Waals surface area contributed by atoms with Crippen molar-refractivity contribution in [3.05, 3.63) is 71.8 Å². The molecule has 3 rings (SSSR count). The summed E-state index contributed by atoms with van der Waals surface area (Å²) in [5.74, 6) is 0.319. The van der Waals surface area contributed by atoms with Crippen LogP contribution in [0.25, 0.3) is 0 Å². The molecular weight excluding hydrogens is 320 g/mol. The van der Waals surface area contributed by atoms with Crippen molar-refractivity contribution >= 4 is 18.3 Å². The summed E-state index contributed by atoms with van der Waals surface area (Å²) in [5.41, 5.74) is 8.20. The molecule has 0 aliphatic carbocycles. The second-order valence-corrected chi connectivity index (χ2v) is 6.20. The summed E-state index contributed by atoms with van der Waals surface area (Å²) in [6, 6.07) is 20.8. The molecular formula is C20H25ClN2O. The quantitative estimate of drug-likeness (QED) is 0.901. The topological polar surface area (TPSA) is 46.3 Å². The molecule has 1 aliphatic rings. The molecule has 1 heterocycles. The van der Waals surface area contributed by atoms with Crippen molar-refractivity contribution in [3.8, 4) is 0 Å². The van der Waals surface area contributed by atoms with E-state index in [0.29, 0.717) is 13.0 Å². The number of hydrogen-bond donors (Lipinski definition) is 1. The first-order valence-corrected chi connectivity index (χ1v) is 8.39. The molecule has 0 aromatic heterocycles. The molecule has 2 N–H and O–H groups in total.